The molecule has 0 saturated carbocycles. The van der Waals surface area contributed by atoms with Crippen LogP contribution in [0.1, 0.15) is 29.3 Å². The van der Waals surface area contributed by atoms with Crippen molar-refractivity contribution in [2.24, 2.45) is 5.92 Å². The number of amides is 1. The number of nitrogens with one attached hydrogen (secondary N) is 1. The zero-order valence-electron chi connectivity index (χ0n) is 12.7. The summed E-state index contributed by atoms with van der Waals surface area (Å²) >= 11 is 1.64. The normalized spacial score (nSPS) is 21.1. The summed E-state index contributed by atoms with van der Waals surface area (Å²) in [6.07, 6.45) is 0.689. The van der Waals surface area contributed by atoms with Crippen molar-refractivity contribution in [2.45, 2.75) is 40.2 Å². The van der Waals surface area contributed by atoms with Crippen molar-refractivity contribution in [2.75, 3.05) is 25.0 Å². The number of likely N-dealkylation sites (tertiary alicyclic amines) is 1. The summed E-state index contributed by atoms with van der Waals surface area (Å²) in [6, 6.07) is 0. The van der Waals surface area contributed by atoms with Gasteiger partial charge in [0, 0.05) is 11.4 Å². The van der Waals surface area contributed by atoms with E-state index in [4.69, 9.17) is 0 Å². The van der Waals surface area contributed by atoms with Crippen molar-refractivity contribution in [3.63, 3.8) is 0 Å². The molecular weight excluding hydrogens is 272 g/mol. The molecule has 4 nitrogen and oxygen atoms in total. The van der Waals surface area contributed by atoms with Crippen LogP contribution in [0.3, 0.4) is 0 Å². The van der Waals surface area contributed by atoms with Crippen LogP contribution in [0.5, 0.6) is 0 Å². The largest absolute Gasteiger partial charge is 0.393 e. The van der Waals surface area contributed by atoms with Crippen LogP contribution < -0.4 is 5.32 Å². The standard InChI is InChI=1S/C15H24N2O2S/c1-9-10(2)15(20-12(9)4)16-14(19)8-17-6-5-13(7-17)11(3)18/h11,13,18H,5-8H2,1-4H3,(H,16,19). The second-order valence-corrected chi connectivity index (χ2v) is 7.03. The number of aliphatic hydroxyl groups is 1. The number of hydrogen-bond donors (Lipinski definition) is 2. The topological polar surface area (TPSA) is 52.6 Å². The van der Waals surface area contributed by atoms with Crippen LogP contribution in [0.15, 0.2) is 0 Å². The molecule has 112 valence electrons. The highest BCUT2D eigenvalue weighted by molar-refractivity contribution is 7.16. The van der Waals surface area contributed by atoms with Crippen molar-refractivity contribution in [3.8, 4) is 0 Å². The zero-order chi connectivity index (χ0) is 14.9. The van der Waals surface area contributed by atoms with Gasteiger partial charge in [0.2, 0.25) is 5.91 Å². The molecule has 0 bridgehead atoms. The molecule has 2 atom stereocenters. The van der Waals surface area contributed by atoms with E-state index in [-0.39, 0.29) is 12.0 Å². The molecule has 1 aromatic rings. The highest BCUT2D eigenvalue weighted by Crippen LogP contribution is 2.31. The molecule has 1 amide bonds. The van der Waals surface area contributed by atoms with Gasteiger partial charge in [0.15, 0.2) is 0 Å². The first-order valence-electron chi connectivity index (χ1n) is 7.15. The minimum atomic E-state index is -0.284. The Morgan fingerprint density at radius 1 is 1.45 bits per heavy atom. The van der Waals surface area contributed by atoms with E-state index < -0.39 is 0 Å². The lowest BCUT2D eigenvalue weighted by molar-refractivity contribution is -0.117. The molecule has 1 saturated heterocycles. The summed E-state index contributed by atoms with van der Waals surface area (Å²) in [7, 11) is 0. The van der Waals surface area contributed by atoms with E-state index >= 15 is 0 Å². The lowest BCUT2D eigenvalue weighted by atomic mass is 10.0. The lowest BCUT2D eigenvalue weighted by Crippen LogP contribution is -2.32. The van der Waals surface area contributed by atoms with Crippen molar-refractivity contribution in [1.82, 2.24) is 4.90 Å². The molecule has 2 heterocycles. The van der Waals surface area contributed by atoms with Gasteiger partial charge in [-0.1, -0.05) is 0 Å². The third-order valence-corrected chi connectivity index (χ3v) is 5.52. The first kappa shape index (κ1) is 15.5. The van der Waals surface area contributed by atoms with E-state index in [1.807, 2.05) is 13.8 Å². The highest BCUT2D eigenvalue weighted by Gasteiger charge is 2.27. The van der Waals surface area contributed by atoms with Crippen LogP contribution >= 0.6 is 11.3 Å². The summed E-state index contributed by atoms with van der Waals surface area (Å²) in [6.45, 7) is 10.2. The van der Waals surface area contributed by atoms with Crippen LogP contribution in [-0.2, 0) is 4.79 Å². The fraction of sp³-hybridized carbons (Fsp3) is 0.667. The number of hydrogen-bond acceptors (Lipinski definition) is 4. The van der Waals surface area contributed by atoms with E-state index in [2.05, 4.69) is 24.1 Å². The van der Waals surface area contributed by atoms with Crippen molar-refractivity contribution in [1.29, 1.82) is 0 Å². The number of rotatable bonds is 4. The summed E-state index contributed by atoms with van der Waals surface area (Å²) in [5.41, 5.74) is 2.43. The number of carbonyl (C=O) groups is 1. The van der Waals surface area contributed by atoms with Crippen LogP contribution in [0, 0.1) is 26.7 Å². The second kappa shape index (κ2) is 6.24. The van der Waals surface area contributed by atoms with E-state index in [1.165, 1.54) is 16.0 Å². The zero-order valence-corrected chi connectivity index (χ0v) is 13.5. The first-order chi connectivity index (χ1) is 9.38. The monoisotopic (exact) mass is 296 g/mol. The maximum atomic E-state index is 12.1. The maximum absolute atomic E-state index is 12.1. The number of anilines is 1. The average Bonchev–Trinajstić information content (AvgIpc) is 2.92. The molecule has 0 aromatic carbocycles. The molecular formula is C15H24N2O2S. The predicted octanol–water partition coefficient (Wildman–Crippen LogP) is 2.31. The summed E-state index contributed by atoms with van der Waals surface area (Å²) < 4.78 is 0. The molecule has 1 aromatic heterocycles. The smallest absolute Gasteiger partial charge is 0.239 e. The minimum absolute atomic E-state index is 0.0422. The molecule has 0 radical (unpaired) electrons. The van der Waals surface area contributed by atoms with Gasteiger partial charge >= 0.3 is 0 Å². The van der Waals surface area contributed by atoms with Gasteiger partial charge in [-0.15, -0.1) is 11.3 Å². The van der Waals surface area contributed by atoms with Gasteiger partial charge < -0.3 is 10.4 Å². The van der Waals surface area contributed by atoms with Crippen LogP contribution in [-0.4, -0.2) is 41.7 Å². The van der Waals surface area contributed by atoms with Gasteiger partial charge in [-0.05, 0) is 57.7 Å². The van der Waals surface area contributed by atoms with Gasteiger partial charge in [0.1, 0.15) is 0 Å². The van der Waals surface area contributed by atoms with Gasteiger partial charge in [-0.25, -0.2) is 0 Å². The number of thiophene rings is 1. The number of carbonyl (C=O) groups excluding carboxylic acids is 1. The second-order valence-electron chi connectivity index (χ2n) is 5.81. The van der Waals surface area contributed by atoms with E-state index in [0.717, 1.165) is 24.5 Å². The number of nitrogens with zero attached hydrogens (tertiary/aromatic N) is 1. The fourth-order valence-corrected chi connectivity index (χ4v) is 3.71. The lowest BCUT2D eigenvalue weighted by Gasteiger charge is -2.16. The molecule has 2 rings (SSSR count). The highest BCUT2D eigenvalue weighted by atomic mass is 32.1. The third kappa shape index (κ3) is 3.40. The summed E-state index contributed by atoms with van der Waals surface area (Å²) in [5.74, 6) is 0.344. The van der Waals surface area contributed by atoms with Crippen molar-refractivity contribution >= 4 is 22.2 Å². The maximum Gasteiger partial charge on any atom is 0.239 e. The van der Waals surface area contributed by atoms with Crippen molar-refractivity contribution in [3.05, 3.63) is 16.0 Å². The first-order valence-corrected chi connectivity index (χ1v) is 7.97. The number of aliphatic hydroxyl groups excluding tert-OH is 1. The molecule has 1 fully saturated rings. The Bertz CT molecular complexity index is 496. The predicted molar refractivity (Wildman–Crippen MR) is 83.4 cm³/mol. The Morgan fingerprint density at radius 2 is 2.15 bits per heavy atom. The third-order valence-electron chi connectivity index (χ3n) is 4.30. The van der Waals surface area contributed by atoms with Crippen molar-refractivity contribution < 1.29 is 9.90 Å². The van der Waals surface area contributed by atoms with Crippen LogP contribution in [0.25, 0.3) is 0 Å². The van der Waals surface area contributed by atoms with Gasteiger partial charge in [-0.2, -0.15) is 0 Å². The SMILES string of the molecule is Cc1sc(NC(=O)CN2CCC(C(C)O)C2)c(C)c1C. The van der Waals surface area contributed by atoms with Crippen LogP contribution in [0.4, 0.5) is 5.00 Å². The Hall–Kier alpha value is -0.910. The molecule has 2 unspecified atom stereocenters. The molecule has 2 N–H and O–H groups in total. The van der Waals surface area contributed by atoms with E-state index in [9.17, 15) is 9.90 Å². The molecule has 0 spiro atoms. The molecule has 5 heteroatoms. The Morgan fingerprint density at radius 3 is 2.65 bits per heavy atom. The molecule has 1 aliphatic rings. The Balaban J connectivity index is 1.89. The summed E-state index contributed by atoms with van der Waals surface area (Å²) in [4.78, 5) is 15.5. The fourth-order valence-electron chi connectivity index (χ4n) is 2.63. The quantitative estimate of drug-likeness (QED) is 0.896. The van der Waals surface area contributed by atoms with Gasteiger partial charge in [0.05, 0.1) is 17.6 Å². The van der Waals surface area contributed by atoms with E-state index in [0.29, 0.717) is 12.5 Å². The van der Waals surface area contributed by atoms with E-state index in [1.54, 1.807) is 11.3 Å². The van der Waals surface area contributed by atoms with Gasteiger partial charge in [-0.3, -0.25) is 9.69 Å². The minimum Gasteiger partial charge on any atom is -0.393 e. The Labute approximate surface area is 124 Å². The molecule has 20 heavy (non-hydrogen) atoms. The average molecular weight is 296 g/mol. The Kier molecular flexibility index (Phi) is 4.83. The summed E-state index contributed by atoms with van der Waals surface area (Å²) in [5, 5.41) is 13.6. The van der Waals surface area contributed by atoms with Crippen LogP contribution in [0.2, 0.25) is 0 Å². The molecule has 0 aliphatic carbocycles. The number of aryl methyl sites for hydroxylation is 1. The molecule has 1 aliphatic heterocycles. The van der Waals surface area contributed by atoms with Gasteiger partial charge in [0.25, 0.3) is 0 Å².